The Balaban J connectivity index is 2.08. The number of methoxy groups -OCH3 is 1. The summed E-state index contributed by atoms with van der Waals surface area (Å²) >= 11 is 3.55. The van der Waals surface area contributed by atoms with Crippen LogP contribution in [0.2, 0.25) is 0 Å². The predicted octanol–water partition coefficient (Wildman–Crippen LogP) is 4.01. The summed E-state index contributed by atoms with van der Waals surface area (Å²) < 4.78 is 6.19. The lowest BCUT2D eigenvalue weighted by atomic mass is 10.1. The smallest absolute Gasteiger partial charge is 0.162 e. The quantitative estimate of drug-likeness (QED) is 0.867. The molecule has 0 radical (unpaired) electrons. The van der Waals surface area contributed by atoms with Crippen molar-refractivity contribution < 1.29 is 9.84 Å². The molecule has 3 nitrogen and oxygen atoms in total. The van der Waals surface area contributed by atoms with Crippen molar-refractivity contribution in [2.75, 3.05) is 7.11 Å². The lowest BCUT2D eigenvalue weighted by Crippen LogP contribution is -2.18. The van der Waals surface area contributed by atoms with Crippen LogP contribution in [0.4, 0.5) is 0 Å². The number of phenolic OH excluding ortho intramolecular Hbond substituents is 1. The van der Waals surface area contributed by atoms with Crippen molar-refractivity contribution in [1.82, 2.24) is 5.32 Å². The van der Waals surface area contributed by atoms with Gasteiger partial charge in [-0.25, -0.2) is 0 Å². The fraction of sp³-hybridized carbons (Fsp3) is 0.250. The Morgan fingerprint density at radius 3 is 2.65 bits per heavy atom. The molecule has 0 saturated carbocycles. The fourth-order valence-electron chi connectivity index (χ4n) is 2.07. The number of ether oxygens (including phenoxy) is 1. The predicted molar refractivity (Wildman–Crippen MR) is 84.1 cm³/mol. The first-order valence-electron chi connectivity index (χ1n) is 6.46. The number of benzene rings is 2. The zero-order valence-electron chi connectivity index (χ0n) is 11.6. The van der Waals surface area contributed by atoms with Crippen LogP contribution < -0.4 is 10.1 Å². The molecular formula is C16H18BrNO2. The molecule has 0 unspecified atom stereocenters. The highest BCUT2D eigenvalue weighted by molar-refractivity contribution is 9.10. The minimum Gasteiger partial charge on any atom is -0.504 e. The van der Waals surface area contributed by atoms with Crippen molar-refractivity contribution >= 4 is 15.9 Å². The Labute approximate surface area is 127 Å². The van der Waals surface area contributed by atoms with Crippen molar-refractivity contribution in [3.05, 3.63) is 58.1 Å². The van der Waals surface area contributed by atoms with Crippen LogP contribution in [0.25, 0.3) is 0 Å². The Bertz CT molecular complexity index is 586. The van der Waals surface area contributed by atoms with E-state index in [1.165, 1.54) is 5.56 Å². The first-order valence-corrected chi connectivity index (χ1v) is 7.25. The molecule has 0 spiro atoms. The van der Waals surface area contributed by atoms with Crippen LogP contribution in [0, 0.1) is 0 Å². The van der Waals surface area contributed by atoms with Gasteiger partial charge in [0.25, 0.3) is 0 Å². The molecule has 0 bridgehead atoms. The SMILES string of the molecule is COc1cccc(CN[C@H](C)c2ccccc2Br)c1O. The van der Waals surface area contributed by atoms with E-state index in [1.54, 1.807) is 13.2 Å². The van der Waals surface area contributed by atoms with Crippen LogP contribution in [0.15, 0.2) is 46.9 Å². The number of para-hydroxylation sites is 1. The Morgan fingerprint density at radius 1 is 1.20 bits per heavy atom. The van der Waals surface area contributed by atoms with Crippen molar-refractivity contribution in [3.63, 3.8) is 0 Å². The van der Waals surface area contributed by atoms with Gasteiger partial charge in [-0.1, -0.05) is 46.3 Å². The number of hydrogen-bond acceptors (Lipinski definition) is 3. The average Bonchev–Trinajstić information content (AvgIpc) is 2.46. The van der Waals surface area contributed by atoms with Crippen molar-refractivity contribution in [1.29, 1.82) is 0 Å². The third kappa shape index (κ3) is 3.32. The van der Waals surface area contributed by atoms with E-state index in [9.17, 15) is 5.11 Å². The van der Waals surface area contributed by atoms with Gasteiger partial charge in [0, 0.05) is 22.6 Å². The first-order chi connectivity index (χ1) is 9.63. The van der Waals surface area contributed by atoms with E-state index in [2.05, 4.69) is 34.2 Å². The summed E-state index contributed by atoms with van der Waals surface area (Å²) in [6.45, 7) is 2.67. The number of rotatable bonds is 5. The second-order valence-electron chi connectivity index (χ2n) is 4.59. The van der Waals surface area contributed by atoms with Gasteiger partial charge in [-0.05, 0) is 24.6 Å². The Hall–Kier alpha value is -1.52. The molecule has 0 aliphatic rings. The van der Waals surface area contributed by atoms with Gasteiger partial charge in [-0.15, -0.1) is 0 Å². The molecule has 4 heteroatoms. The first kappa shape index (κ1) is 14.9. The van der Waals surface area contributed by atoms with Crippen LogP contribution in [0.1, 0.15) is 24.1 Å². The topological polar surface area (TPSA) is 41.5 Å². The zero-order chi connectivity index (χ0) is 14.5. The summed E-state index contributed by atoms with van der Waals surface area (Å²) in [5.74, 6) is 0.694. The lowest BCUT2D eigenvalue weighted by molar-refractivity contribution is 0.369. The largest absolute Gasteiger partial charge is 0.504 e. The molecule has 2 aromatic carbocycles. The molecule has 2 N–H and O–H groups in total. The minimum atomic E-state index is 0.177. The second kappa shape index (κ2) is 6.77. The molecular weight excluding hydrogens is 318 g/mol. The average molecular weight is 336 g/mol. The van der Waals surface area contributed by atoms with E-state index >= 15 is 0 Å². The number of phenols is 1. The van der Waals surface area contributed by atoms with Gasteiger partial charge in [0.15, 0.2) is 11.5 Å². The van der Waals surface area contributed by atoms with Gasteiger partial charge in [0.05, 0.1) is 7.11 Å². The van der Waals surface area contributed by atoms with E-state index in [0.29, 0.717) is 12.3 Å². The number of hydrogen-bond donors (Lipinski definition) is 2. The summed E-state index contributed by atoms with van der Waals surface area (Å²) in [6.07, 6.45) is 0. The fourth-order valence-corrected chi connectivity index (χ4v) is 2.70. The molecule has 20 heavy (non-hydrogen) atoms. The van der Waals surface area contributed by atoms with Gasteiger partial charge in [-0.2, -0.15) is 0 Å². The van der Waals surface area contributed by atoms with E-state index in [-0.39, 0.29) is 11.8 Å². The highest BCUT2D eigenvalue weighted by Gasteiger charge is 2.11. The van der Waals surface area contributed by atoms with Crippen LogP contribution in [0.5, 0.6) is 11.5 Å². The van der Waals surface area contributed by atoms with Gasteiger partial charge < -0.3 is 15.2 Å². The van der Waals surface area contributed by atoms with Crippen LogP contribution in [-0.2, 0) is 6.54 Å². The van der Waals surface area contributed by atoms with Gasteiger partial charge in [0.2, 0.25) is 0 Å². The summed E-state index contributed by atoms with van der Waals surface area (Å²) in [6, 6.07) is 13.8. The normalized spacial score (nSPS) is 12.2. The van der Waals surface area contributed by atoms with E-state index in [1.807, 2.05) is 30.3 Å². The highest BCUT2D eigenvalue weighted by atomic mass is 79.9. The standard InChI is InChI=1S/C16H18BrNO2/c1-11(13-7-3-4-8-14(13)17)18-10-12-6-5-9-15(20-2)16(12)19/h3-9,11,18-19H,10H2,1-2H3/t11-/m1/s1. The summed E-state index contributed by atoms with van der Waals surface area (Å²) in [5, 5.41) is 13.5. The summed E-state index contributed by atoms with van der Waals surface area (Å²) in [7, 11) is 1.55. The summed E-state index contributed by atoms with van der Waals surface area (Å²) in [4.78, 5) is 0. The molecule has 0 amide bonds. The molecule has 0 aliphatic carbocycles. The third-order valence-electron chi connectivity index (χ3n) is 3.27. The van der Waals surface area contributed by atoms with Crippen molar-refractivity contribution in [2.45, 2.75) is 19.5 Å². The lowest BCUT2D eigenvalue weighted by Gasteiger charge is -2.17. The zero-order valence-corrected chi connectivity index (χ0v) is 13.1. The monoisotopic (exact) mass is 335 g/mol. The van der Waals surface area contributed by atoms with Crippen LogP contribution >= 0.6 is 15.9 Å². The van der Waals surface area contributed by atoms with Crippen molar-refractivity contribution in [2.24, 2.45) is 0 Å². The van der Waals surface area contributed by atoms with Crippen LogP contribution in [-0.4, -0.2) is 12.2 Å². The molecule has 0 saturated heterocycles. The Kier molecular flexibility index (Phi) is 5.04. The number of aromatic hydroxyl groups is 1. The molecule has 0 aromatic heterocycles. The Morgan fingerprint density at radius 2 is 1.95 bits per heavy atom. The second-order valence-corrected chi connectivity index (χ2v) is 5.45. The molecule has 1 atom stereocenters. The maximum atomic E-state index is 10.1. The molecule has 0 fully saturated rings. The summed E-state index contributed by atoms with van der Waals surface area (Å²) in [5.41, 5.74) is 2.01. The highest BCUT2D eigenvalue weighted by Crippen LogP contribution is 2.30. The maximum Gasteiger partial charge on any atom is 0.162 e. The number of halogens is 1. The van der Waals surface area contributed by atoms with Crippen LogP contribution in [0.3, 0.4) is 0 Å². The van der Waals surface area contributed by atoms with Crippen molar-refractivity contribution in [3.8, 4) is 11.5 Å². The van der Waals surface area contributed by atoms with Gasteiger partial charge in [0.1, 0.15) is 0 Å². The van der Waals surface area contributed by atoms with Gasteiger partial charge in [-0.3, -0.25) is 0 Å². The van der Waals surface area contributed by atoms with E-state index in [0.717, 1.165) is 10.0 Å². The minimum absolute atomic E-state index is 0.177. The number of nitrogens with one attached hydrogen (secondary N) is 1. The molecule has 2 rings (SSSR count). The molecule has 106 valence electrons. The van der Waals surface area contributed by atoms with E-state index < -0.39 is 0 Å². The third-order valence-corrected chi connectivity index (χ3v) is 4.00. The molecule has 0 heterocycles. The van der Waals surface area contributed by atoms with E-state index in [4.69, 9.17) is 4.74 Å². The molecule has 2 aromatic rings. The molecule has 0 aliphatic heterocycles. The van der Waals surface area contributed by atoms with Gasteiger partial charge >= 0.3 is 0 Å². The maximum absolute atomic E-state index is 10.1.